The number of halogens is 2. The summed E-state index contributed by atoms with van der Waals surface area (Å²) in [5.74, 6) is -0.224. The molecule has 0 unspecified atom stereocenters. The fraction of sp³-hybridized carbons (Fsp3) is 0.211. The predicted molar refractivity (Wildman–Crippen MR) is 114 cm³/mol. The molecule has 0 radical (unpaired) electrons. The largest absolute Gasteiger partial charge is 0.469 e. The Morgan fingerprint density at radius 1 is 1.00 bits per heavy atom. The van der Waals surface area contributed by atoms with Crippen molar-refractivity contribution in [1.82, 2.24) is 0 Å². The number of thiophene rings is 2. The molecular weight excluding hydrogens is 484 g/mol. The number of esters is 1. The molecule has 6 heteroatoms. The number of hydrogen-bond acceptors (Lipinski definition) is 4. The number of rotatable bonds is 5. The molecule has 0 spiro atoms. The first-order valence-corrected chi connectivity index (χ1v) is 11.0. The van der Waals surface area contributed by atoms with Crippen molar-refractivity contribution in [3.05, 3.63) is 55.1 Å². The molecule has 2 heterocycles. The average Bonchev–Trinajstić information content (AvgIpc) is 3.17. The van der Waals surface area contributed by atoms with Crippen molar-refractivity contribution in [3.63, 3.8) is 0 Å². The van der Waals surface area contributed by atoms with Gasteiger partial charge in [0.15, 0.2) is 0 Å². The lowest BCUT2D eigenvalue weighted by atomic mass is 10.0. The van der Waals surface area contributed by atoms with Gasteiger partial charge in [0.2, 0.25) is 0 Å². The average molecular weight is 500 g/mol. The van der Waals surface area contributed by atoms with Crippen LogP contribution >= 0.6 is 54.5 Å². The summed E-state index contributed by atoms with van der Waals surface area (Å²) in [6, 6.07) is 12.7. The zero-order valence-electron chi connectivity index (χ0n) is 13.8. The smallest absolute Gasteiger partial charge is 0.310 e. The maximum atomic E-state index is 11.7. The second-order valence-corrected chi connectivity index (χ2v) is 10.4. The minimum atomic E-state index is -0.224. The van der Waals surface area contributed by atoms with Crippen LogP contribution in [-0.2, 0) is 22.4 Å². The molecule has 2 aromatic heterocycles. The van der Waals surface area contributed by atoms with E-state index < -0.39 is 0 Å². The Balaban J connectivity index is 2.04. The van der Waals surface area contributed by atoms with Crippen LogP contribution < -0.4 is 0 Å². The molecule has 0 fully saturated rings. The van der Waals surface area contributed by atoms with E-state index in [4.69, 9.17) is 4.74 Å². The molecule has 0 bridgehead atoms. The zero-order valence-corrected chi connectivity index (χ0v) is 18.6. The Hall–Kier alpha value is -0.950. The molecule has 0 aliphatic rings. The van der Waals surface area contributed by atoms with Crippen LogP contribution in [0.4, 0.5) is 0 Å². The minimum absolute atomic E-state index is 0.224. The molecule has 25 heavy (non-hydrogen) atoms. The molecule has 0 saturated carbocycles. The van der Waals surface area contributed by atoms with Gasteiger partial charge in [-0.1, -0.05) is 25.1 Å². The molecule has 0 amide bonds. The Bertz CT molecular complexity index is 912. The van der Waals surface area contributed by atoms with Gasteiger partial charge in [0.1, 0.15) is 0 Å². The minimum Gasteiger partial charge on any atom is -0.469 e. The normalized spacial score (nSPS) is 10.9. The fourth-order valence-electron chi connectivity index (χ4n) is 2.70. The summed E-state index contributed by atoms with van der Waals surface area (Å²) in [4.78, 5) is 14.1. The lowest BCUT2D eigenvalue weighted by Crippen LogP contribution is -2.04. The summed E-state index contributed by atoms with van der Waals surface area (Å²) in [5, 5.41) is 0. The van der Waals surface area contributed by atoms with Crippen LogP contribution in [-0.4, -0.2) is 13.1 Å². The number of aryl methyl sites for hydroxylation is 1. The molecule has 0 saturated heterocycles. The van der Waals surface area contributed by atoms with E-state index in [-0.39, 0.29) is 12.4 Å². The highest BCUT2D eigenvalue weighted by Crippen LogP contribution is 2.40. The van der Waals surface area contributed by atoms with Gasteiger partial charge in [-0.15, -0.1) is 22.7 Å². The highest BCUT2D eigenvalue weighted by molar-refractivity contribution is 9.11. The molecule has 0 aliphatic carbocycles. The van der Waals surface area contributed by atoms with Crippen molar-refractivity contribution in [2.24, 2.45) is 0 Å². The molecule has 0 atom stereocenters. The lowest BCUT2D eigenvalue weighted by molar-refractivity contribution is -0.139. The van der Waals surface area contributed by atoms with Gasteiger partial charge in [-0.05, 0) is 78.7 Å². The number of methoxy groups -OCH3 is 1. The van der Waals surface area contributed by atoms with Crippen molar-refractivity contribution in [3.8, 4) is 20.9 Å². The van der Waals surface area contributed by atoms with Gasteiger partial charge in [-0.2, -0.15) is 0 Å². The van der Waals surface area contributed by atoms with E-state index in [9.17, 15) is 4.79 Å². The van der Waals surface area contributed by atoms with Gasteiger partial charge in [0.05, 0.1) is 21.1 Å². The van der Waals surface area contributed by atoms with E-state index in [2.05, 4.69) is 69.1 Å². The quantitative estimate of drug-likeness (QED) is 0.355. The Morgan fingerprint density at radius 3 is 2.12 bits per heavy atom. The molecule has 0 N–H and O–H groups in total. The van der Waals surface area contributed by atoms with E-state index in [0.717, 1.165) is 30.0 Å². The third kappa shape index (κ3) is 4.25. The molecule has 1 aromatic carbocycles. The van der Waals surface area contributed by atoms with Crippen molar-refractivity contribution < 1.29 is 9.53 Å². The van der Waals surface area contributed by atoms with Gasteiger partial charge in [-0.25, -0.2) is 0 Å². The molecule has 130 valence electrons. The van der Waals surface area contributed by atoms with Gasteiger partial charge < -0.3 is 4.74 Å². The van der Waals surface area contributed by atoms with Crippen LogP contribution in [0.3, 0.4) is 0 Å². The maximum absolute atomic E-state index is 11.7. The monoisotopic (exact) mass is 498 g/mol. The van der Waals surface area contributed by atoms with Crippen LogP contribution in [0.1, 0.15) is 18.1 Å². The third-order valence-electron chi connectivity index (χ3n) is 3.89. The Morgan fingerprint density at radius 2 is 1.56 bits per heavy atom. The number of carbonyl (C=O) groups excluding carboxylic acids is 1. The third-order valence-corrected chi connectivity index (χ3v) is 7.35. The maximum Gasteiger partial charge on any atom is 0.310 e. The summed E-state index contributed by atoms with van der Waals surface area (Å²) in [7, 11) is 1.42. The first kappa shape index (κ1) is 18.8. The van der Waals surface area contributed by atoms with Gasteiger partial charge in [0.25, 0.3) is 0 Å². The Labute approximate surface area is 172 Å². The molecular formula is C19H16Br2O2S2. The van der Waals surface area contributed by atoms with Crippen molar-refractivity contribution >= 4 is 60.5 Å². The molecule has 0 aliphatic heterocycles. The van der Waals surface area contributed by atoms with Crippen LogP contribution in [0.2, 0.25) is 0 Å². The summed E-state index contributed by atoms with van der Waals surface area (Å²) < 4.78 is 6.99. The van der Waals surface area contributed by atoms with Gasteiger partial charge in [0, 0.05) is 9.75 Å². The van der Waals surface area contributed by atoms with E-state index in [0.29, 0.717) is 0 Å². The number of carbonyl (C=O) groups is 1. The second kappa shape index (κ2) is 8.16. The number of hydrogen-bond donors (Lipinski definition) is 0. The topological polar surface area (TPSA) is 26.3 Å². The van der Waals surface area contributed by atoms with Crippen molar-refractivity contribution in [2.75, 3.05) is 7.11 Å². The van der Waals surface area contributed by atoms with Crippen LogP contribution in [0.15, 0.2) is 44.0 Å². The number of benzene rings is 1. The summed E-state index contributed by atoms with van der Waals surface area (Å²) in [6.45, 7) is 2.17. The summed E-state index contributed by atoms with van der Waals surface area (Å²) >= 11 is 10.5. The summed E-state index contributed by atoms with van der Waals surface area (Å²) in [5.41, 5.74) is 4.66. The Kier molecular flexibility index (Phi) is 6.15. The lowest BCUT2D eigenvalue weighted by Gasteiger charge is -2.07. The van der Waals surface area contributed by atoms with Gasteiger partial charge >= 0.3 is 5.97 Å². The van der Waals surface area contributed by atoms with Gasteiger partial charge in [-0.3, -0.25) is 4.79 Å². The standard InChI is InChI=1S/C19H16Br2O2S2/c1-3-11-8-15(20)24-18(11)12-5-4-6-13(7-12)19-14(9-16(21)25-19)10-17(22)23-2/h4-9H,3,10H2,1-2H3. The molecule has 3 aromatic rings. The zero-order chi connectivity index (χ0) is 18.0. The van der Waals surface area contributed by atoms with Crippen molar-refractivity contribution in [1.29, 1.82) is 0 Å². The van der Waals surface area contributed by atoms with Crippen molar-refractivity contribution in [2.45, 2.75) is 19.8 Å². The highest BCUT2D eigenvalue weighted by atomic mass is 79.9. The first-order chi connectivity index (χ1) is 12.0. The van der Waals surface area contributed by atoms with E-state index in [1.165, 1.54) is 23.1 Å². The molecule has 2 nitrogen and oxygen atoms in total. The predicted octanol–water partition coefficient (Wildman–Crippen LogP) is 6.95. The van der Waals surface area contributed by atoms with Crippen LogP contribution in [0, 0.1) is 0 Å². The van der Waals surface area contributed by atoms with Crippen LogP contribution in [0.5, 0.6) is 0 Å². The summed E-state index contributed by atoms with van der Waals surface area (Å²) in [6.07, 6.45) is 1.28. The van der Waals surface area contributed by atoms with E-state index in [1.54, 1.807) is 22.7 Å². The van der Waals surface area contributed by atoms with E-state index >= 15 is 0 Å². The first-order valence-electron chi connectivity index (χ1n) is 7.75. The molecule has 3 rings (SSSR count). The highest BCUT2D eigenvalue weighted by Gasteiger charge is 2.15. The van der Waals surface area contributed by atoms with E-state index in [1.807, 2.05) is 6.07 Å². The SMILES string of the molecule is CCc1cc(Br)sc1-c1cccc(-c2sc(Br)cc2CC(=O)OC)c1. The van der Waals surface area contributed by atoms with Crippen LogP contribution in [0.25, 0.3) is 20.9 Å². The number of ether oxygens (including phenoxy) is 1. The second-order valence-electron chi connectivity index (χ2n) is 5.50. The fourth-order valence-corrected chi connectivity index (χ4v) is 6.10.